The van der Waals surface area contributed by atoms with Crippen molar-refractivity contribution in [2.24, 2.45) is 0 Å². The van der Waals surface area contributed by atoms with E-state index in [2.05, 4.69) is 20.2 Å². The average molecular weight is 461 g/mol. The van der Waals surface area contributed by atoms with Crippen LogP contribution in [0.2, 0.25) is 5.15 Å². The van der Waals surface area contributed by atoms with Crippen LogP contribution in [0.4, 0.5) is 26.3 Å². The van der Waals surface area contributed by atoms with E-state index in [-0.39, 0.29) is 22.5 Å². The largest absolute Gasteiger partial charge is 0.435 e. The van der Waals surface area contributed by atoms with Gasteiger partial charge in [0.25, 0.3) is 0 Å². The van der Waals surface area contributed by atoms with Gasteiger partial charge in [0.05, 0.1) is 10.9 Å². The molecule has 0 saturated heterocycles. The normalized spacial score (nSPS) is 19.5. The summed E-state index contributed by atoms with van der Waals surface area (Å²) in [6, 6.07) is 2.91. The fourth-order valence-corrected chi connectivity index (χ4v) is 4.03. The van der Waals surface area contributed by atoms with E-state index in [4.69, 9.17) is 11.6 Å². The first-order valence-corrected chi connectivity index (χ1v) is 9.39. The Kier molecular flexibility index (Phi) is 4.24. The molecule has 0 N–H and O–H groups in total. The predicted octanol–water partition coefficient (Wildman–Crippen LogP) is 4.98. The summed E-state index contributed by atoms with van der Waals surface area (Å²) in [5.74, 6) is -0.289. The second kappa shape index (κ2) is 6.55. The summed E-state index contributed by atoms with van der Waals surface area (Å²) >= 11 is 6.05. The van der Waals surface area contributed by atoms with Crippen LogP contribution >= 0.6 is 11.6 Å². The van der Waals surface area contributed by atoms with Crippen molar-refractivity contribution in [3.63, 3.8) is 0 Å². The summed E-state index contributed by atoms with van der Waals surface area (Å²) in [6.07, 6.45) is -4.92. The van der Waals surface area contributed by atoms with Crippen LogP contribution in [0.25, 0.3) is 16.6 Å². The molecule has 0 spiro atoms. The fraction of sp³-hybridized carbons (Fsp3) is 0.333. The van der Waals surface area contributed by atoms with E-state index in [1.165, 1.54) is 10.6 Å². The van der Waals surface area contributed by atoms with Gasteiger partial charge in [-0.2, -0.15) is 36.5 Å². The van der Waals surface area contributed by atoms with Crippen LogP contribution in [-0.4, -0.2) is 35.5 Å². The standard InChI is InChI=1S/C18H11ClF6N6/c19-14-4-10(16-26-1-2-30(16)28-14)8-3-9(8)12-5-13-11(6-27-12)15(18(23,24)25)29-31(13)7-17(20,21)22/h1-2,4-6,8-9H,3,7H2/t8?,9-/m0/s1. The molecule has 4 aromatic rings. The van der Waals surface area contributed by atoms with Gasteiger partial charge in [-0.3, -0.25) is 9.67 Å². The van der Waals surface area contributed by atoms with E-state index < -0.39 is 30.0 Å². The van der Waals surface area contributed by atoms with Crippen LogP contribution in [0.15, 0.2) is 30.7 Å². The van der Waals surface area contributed by atoms with E-state index in [0.717, 1.165) is 11.8 Å². The summed E-state index contributed by atoms with van der Waals surface area (Å²) in [4.78, 5) is 8.35. The summed E-state index contributed by atoms with van der Waals surface area (Å²) in [5, 5.41) is 7.05. The van der Waals surface area contributed by atoms with E-state index in [1.807, 2.05) is 0 Å². The van der Waals surface area contributed by atoms with Gasteiger partial charge in [-0.05, 0) is 24.5 Å². The average Bonchev–Trinajstić information content (AvgIpc) is 3.17. The molecule has 1 aliphatic carbocycles. The van der Waals surface area contributed by atoms with E-state index in [1.54, 1.807) is 18.5 Å². The zero-order valence-corrected chi connectivity index (χ0v) is 16.0. The van der Waals surface area contributed by atoms with Crippen molar-refractivity contribution in [2.45, 2.75) is 37.2 Å². The predicted molar refractivity (Wildman–Crippen MR) is 96.7 cm³/mol. The second-order valence-corrected chi connectivity index (χ2v) is 7.70. The van der Waals surface area contributed by atoms with E-state index in [0.29, 0.717) is 22.4 Å². The molecule has 0 bridgehead atoms. The number of hydrogen-bond acceptors (Lipinski definition) is 4. The van der Waals surface area contributed by atoms with E-state index >= 15 is 0 Å². The van der Waals surface area contributed by atoms with Crippen LogP contribution in [0.5, 0.6) is 0 Å². The Morgan fingerprint density at radius 3 is 2.52 bits per heavy atom. The highest BCUT2D eigenvalue weighted by Gasteiger charge is 2.44. The van der Waals surface area contributed by atoms with E-state index in [9.17, 15) is 26.3 Å². The molecule has 2 atom stereocenters. The van der Waals surface area contributed by atoms with Crippen molar-refractivity contribution in [1.29, 1.82) is 0 Å². The molecular weight excluding hydrogens is 450 g/mol. The fourth-order valence-electron chi connectivity index (χ4n) is 3.83. The zero-order valence-electron chi connectivity index (χ0n) is 15.3. The third-order valence-corrected chi connectivity index (χ3v) is 5.37. The lowest BCUT2D eigenvalue weighted by atomic mass is 10.1. The number of pyridine rings is 1. The Bertz CT molecular complexity index is 1310. The van der Waals surface area contributed by atoms with Crippen molar-refractivity contribution in [1.82, 2.24) is 29.4 Å². The Hall–Kier alpha value is -2.89. The molecule has 4 aromatic heterocycles. The maximum Gasteiger partial charge on any atom is 0.435 e. The molecule has 1 aliphatic rings. The molecular formula is C18H11ClF6N6. The van der Waals surface area contributed by atoms with Gasteiger partial charge in [0.2, 0.25) is 0 Å². The summed E-state index contributed by atoms with van der Waals surface area (Å²) in [5.41, 5.74) is 0.0977. The Morgan fingerprint density at radius 1 is 1.03 bits per heavy atom. The topological polar surface area (TPSA) is 60.9 Å². The minimum Gasteiger partial charge on any atom is -0.260 e. The molecule has 0 aliphatic heterocycles. The minimum absolute atomic E-state index is 0.0866. The number of hydrogen-bond donors (Lipinski definition) is 0. The first kappa shape index (κ1) is 20.0. The third-order valence-electron chi connectivity index (χ3n) is 5.18. The van der Waals surface area contributed by atoms with Gasteiger partial charge in [0.1, 0.15) is 11.7 Å². The molecule has 6 nitrogen and oxygen atoms in total. The molecule has 0 aromatic carbocycles. The zero-order chi connectivity index (χ0) is 22.1. The molecule has 0 radical (unpaired) electrons. The van der Waals surface area contributed by atoms with Gasteiger partial charge in [0.15, 0.2) is 11.3 Å². The van der Waals surface area contributed by atoms with Crippen molar-refractivity contribution < 1.29 is 26.3 Å². The quantitative estimate of drug-likeness (QED) is 0.405. The summed E-state index contributed by atoms with van der Waals surface area (Å²) in [6.45, 7) is -1.63. The highest BCUT2D eigenvalue weighted by atomic mass is 35.5. The van der Waals surface area contributed by atoms with Gasteiger partial charge in [-0.25, -0.2) is 9.50 Å². The van der Waals surface area contributed by atoms with Crippen molar-refractivity contribution in [3.8, 4) is 0 Å². The molecule has 5 rings (SSSR count). The molecule has 0 amide bonds. The Morgan fingerprint density at radius 2 is 1.81 bits per heavy atom. The lowest BCUT2D eigenvalue weighted by Crippen LogP contribution is -2.19. The molecule has 162 valence electrons. The number of rotatable bonds is 3. The number of halogens is 7. The molecule has 1 fully saturated rings. The Balaban J connectivity index is 1.56. The second-order valence-electron chi connectivity index (χ2n) is 7.31. The maximum atomic E-state index is 13.3. The van der Waals surface area contributed by atoms with Crippen LogP contribution in [0.3, 0.4) is 0 Å². The maximum absolute atomic E-state index is 13.3. The van der Waals surface area contributed by atoms with Crippen LogP contribution < -0.4 is 0 Å². The molecule has 4 heterocycles. The smallest absolute Gasteiger partial charge is 0.260 e. The van der Waals surface area contributed by atoms with Crippen molar-refractivity contribution in [3.05, 3.63) is 52.8 Å². The first-order chi connectivity index (χ1) is 14.5. The highest BCUT2D eigenvalue weighted by molar-refractivity contribution is 6.29. The van der Waals surface area contributed by atoms with Gasteiger partial charge >= 0.3 is 12.4 Å². The van der Waals surface area contributed by atoms with Gasteiger partial charge in [0, 0.05) is 35.8 Å². The summed E-state index contributed by atoms with van der Waals surface area (Å²) in [7, 11) is 0. The first-order valence-electron chi connectivity index (χ1n) is 9.01. The molecule has 31 heavy (non-hydrogen) atoms. The highest BCUT2D eigenvalue weighted by Crippen LogP contribution is 2.55. The number of imidazole rings is 1. The third kappa shape index (κ3) is 3.58. The monoisotopic (exact) mass is 460 g/mol. The van der Waals surface area contributed by atoms with Crippen molar-refractivity contribution in [2.75, 3.05) is 0 Å². The SMILES string of the molecule is FC(F)(F)Cn1nc(C(F)(F)F)c2cnc([C@H]3CC3c3cc(Cl)nn4ccnc34)cc21. The van der Waals surface area contributed by atoms with Crippen molar-refractivity contribution >= 4 is 28.2 Å². The number of fused-ring (bicyclic) bond motifs is 2. The lowest BCUT2D eigenvalue weighted by molar-refractivity contribution is -0.148. The number of aromatic nitrogens is 6. The molecule has 1 saturated carbocycles. The molecule has 1 unspecified atom stereocenters. The summed E-state index contributed by atoms with van der Waals surface area (Å²) < 4.78 is 80.3. The van der Waals surface area contributed by atoms with Gasteiger partial charge in [-0.15, -0.1) is 0 Å². The lowest BCUT2D eigenvalue weighted by Gasteiger charge is -2.08. The molecule has 13 heteroatoms. The van der Waals surface area contributed by atoms with Gasteiger partial charge in [-0.1, -0.05) is 11.6 Å². The van der Waals surface area contributed by atoms with Crippen LogP contribution in [0, 0.1) is 0 Å². The number of alkyl halides is 6. The van der Waals surface area contributed by atoms with Crippen LogP contribution in [-0.2, 0) is 12.7 Å². The number of nitrogens with zero attached hydrogens (tertiary/aromatic N) is 6. The minimum atomic E-state index is -4.90. The Labute approximate surface area is 174 Å². The van der Waals surface area contributed by atoms with Gasteiger partial charge < -0.3 is 0 Å². The van der Waals surface area contributed by atoms with Crippen LogP contribution in [0.1, 0.15) is 35.2 Å².